The third-order valence-electron chi connectivity index (χ3n) is 2.66. The molecule has 3 nitrogen and oxygen atoms in total. The van der Waals surface area contributed by atoms with Crippen LogP contribution in [-0.2, 0) is 6.54 Å². The zero-order valence-corrected chi connectivity index (χ0v) is 11.3. The highest BCUT2D eigenvalue weighted by atomic mass is 79.9. The van der Waals surface area contributed by atoms with E-state index in [0.717, 1.165) is 31.8 Å². The predicted octanol–water partition coefficient (Wildman–Crippen LogP) is 3.51. The van der Waals surface area contributed by atoms with E-state index >= 15 is 0 Å². The SMILES string of the molecule is NCc1cccc2[nH]c(-c3csc(Br)c3)nc12. The second kappa shape index (κ2) is 4.25. The molecular weight excluding hydrogens is 298 g/mol. The van der Waals surface area contributed by atoms with Gasteiger partial charge in [-0.25, -0.2) is 4.98 Å². The number of hydrogen-bond acceptors (Lipinski definition) is 3. The van der Waals surface area contributed by atoms with Crippen LogP contribution < -0.4 is 5.73 Å². The van der Waals surface area contributed by atoms with Crippen molar-refractivity contribution in [2.45, 2.75) is 6.54 Å². The molecule has 86 valence electrons. The highest BCUT2D eigenvalue weighted by Gasteiger charge is 2.09. The van der Waals surface area contributed by atoms with Gasteiger partial charge in [-0.15, -0.1) is 11.3 Å². The fourth-order valence-corrected chi connectivity index (χ4v) is 2.97. The number of fused-ring (bicyclic) bond motifs is 1. The Morgan fingerprint density at radius 1 is 1.41 bits per heavy atom. The van der Waals surface area contributed by atoms with Crippen LogP contribution in [0, 0.1) is 0 Å². The van der Waals surface area contributed by atoms with E-state index in [2.05, 4.69) is 37.3 Å². The number of hydrogen-bond donors (Lipinski definition) is 2. The maximum absolute atomic E-state index is 5.71. The number of benzene rings is 1. The third kappa shape index (κ3) is 1.90. The van der Waals surface area contributed by atoms with Crippen LogP contribution in [-0.4, -0.2) is 9.97 Å². The van der Waals surface area contributed by atoms with Gasteiger partial charge in [0.2, 0.25) is 0 Å². The number of halogens is 1. The summed E-state index contributed by atoms with van der Waals surface area (Å²) in [5, 5.41) is 2.07. The molecule has 0 saturated heterocycles. The molecule has 3 N–H and O–H groups in total. The molecule has 3 aromatic rings. The van der Waals surface area contributed by atoms with Crippen molar-refractivity contribution in [2.24, 2.45) is 5.73 Å². The van der Waals surface area contributed by atoms with Gasteiger partial charge in [0.05, 0.1) is 14.8 Å². The van der Waals surface area contributed by atoms with Crippen LogP contribution in [0.4, 0.5) is 0 Å². The largest absolute Gasteiger partial charge is 0.338 e. The first-order valence-electron chi connectivity index (χ1n) is 5.20. The molecule has 3 rings (SSSR count). The molecule has 0 aliphatic heterocycles. The average molecular weight is 308 g/mol. The predicted molar refractivity (Wildman–Crippen MR) is 75.0 cm³/mol. The Labute approximate surface area is 111 Å². The third-order valence-corrected chi connectivity index (χ3v) is 4.16. The number of aromatic nitrogens is 2. The highest BCUT2D eigenvalue weighted by molar-refractivity contribution is 9.11. The van der Waals surface area contributed by atoms with Gasteiger partial charge in [0.15, 0.2) is 0 Å². The Kier molecular flexibility index (Phi) is 2.74. The Balaban J connectivity index is 2.19. The number of para-hydroxylation sites is 1. The zero-order valence-electron chi connectivity index (χ0n) is 8.90. The van der Waals surface area contributed by atoms with Crippen molar-refractivity contribution in [3.63, 3.8) is 0 Å². The topological polar surface area (TPSA) is 54.7 Å². The zero-order chi connectivity index (χ0) is 11.8. The van der Waals surface area contributed by atoms with Crippen molar-refractivity contribution in [1.82, 2.24) is 9.97 Å². The molecule has 0 amide bonds. The minimum atomic E-state index is 0.509. The lowest BCUT2D eigenvalue weighted by Gasteiger charge is -1.95. The standard InChI is InChI=1S/C12H10BrN3S/c13-10-4-8(6-17-10)12-15-9-3-1-2-7(5-14)11(9)16-12/h1-4,6H,5,14H2,(H,15,16). The molecule has 0 radical (unpaired) electrons. The Bertz CT molecular complexity index is 671. The number of thiophene rings is 1. The summed E-state index contributed by atoms with van der Waals surface area (Å²) in [6, 6.07) is 8.09. The van der Waals surface area contributed by atoms with Gasteiger partial charge in [-0.05, 0) is 33.6 Å². The minimum absolute atomic E-state index is 0.509. The number of rotatable bonds is 2. The second-order valence-electron chi connectivity index (χ2n) is 3.74. The van der Waals surface area contributed by atoms with Gasteiger partial charge < -0.3 is 10.7 Å². The van der Waals surface area contributed by atoms with Crippen molar-refractivity contribution < 1.29 is 0 Å². The van der Waals surface area contributed by atoms with Gasteiger partial charge in [0.1, 0.15) is 5.82 Å². The number of aromatic amines is 1. The summed E-state index contributed by atoms with van der Waals surface area (Å²) in [5.41, 5.74) is 9.87. The number of nitrogens with two attached hydrogens (primary N) is 1. The number of nitrogens with one attached hydrogen (secondary N) is 1. The Morgan fingerprint density at radius 3 is 3.00 bits per heavy atom. The molecule has 1 aromatic carbocycles. The molecule has 0 saturated carbocycles. The van der Waals surface area contributed by atoms with Crippen molar-refractivity contribution in [3.05, 3.63) is 39.0 Å². The first-order valence-corrected chi connectivity index (χ1v) is 6.87. The van der Waals surface area contributed by atoms with Crippen LogP contribution >= 0.6 is 27.3 Å². The van der Waals surface area contributed by atoms with Gasteiger partial charge in [-0.1, -0.05) is 12.1 Å². The van der Waals surface area contributed by atoms with Gasteiger partial charge in [-0.2, -0.15) is 0 Å². The van der Waals surface area contributed by atoms with Crippen molar-refractivity contribution >= 4 is 38.3 Å². The van der Waals surface area contributed by atoms with E-state index in [0.29, 0.717) is 6.54 Å². The molecule has 0 spiro atoms. The fraction of sp³-hybridized carbons (Fsp3) is 0.0833. The normalized spacial score (nSPS) is 11.2. The quantitative estimate of drug-likeness (QED) is 0.761. The van der Waals surface area contributed by atoms with Crippen LogP contribution in [0.15, 0.2) is 33.4 Å². The Hall–Kier alpha value is -1.17. The molecule has 5 heteroatoms. The maximum atomic E-state index is 5.71. The summed E-state index contributed by atoms with van der Waals surface area (Å²) in [7, 11) is 0. The molecule has 2 heterocycles. The maximum Gasteiger partial charge on any atom is 0.139 e. The monoisotopic (exact) mass is 307 g/mol. The summed E-state index contributed by atoms with van der Waals surface area (Å²) >= 11 is 5.11. The summed E-state index contributed by atoms with van der Waals surface area (Å²) in [6.45, 7) is 0.509. The summed E-state index contributed by atoms with van der Waals surface area (Å²) in [4.78, 5) is 7.94. The van der Waals surface area contributed by atoms with Gasteiger partial charge in [0.25, 0.3) is 0 Å². The average Bonchev–Trinajstić information content (AvgIpc) is 2.93. The summed E-state index contributed by atoms with van der Waals surface area (Å²) in [5.74, 6) is 0.892. The molecule has 0 bridgehead atoms. The van der Waals surface area contributed by atoms with Crippen LogP contribution in [0.3, 0.4) is 0 Å². The van der Waals surface area contributed by atoms with Crippen molar-refractivity contribution in [1.29, 1.82) is 0 Å². The number of H-pyrrole nitrogens is 1. The van der Waals surface area contributed by atoms with Crippen LogP contribution in [0.1, 0.15) is 5.56 Å². The lowest BCUT2D eigenvalue weighted by atomic mass is 10.2. The number of nitrogens with zero attached hydrogens (tertiary/aromatic N) is 1. The lowest BCUT2D eigenvalue weighted by molar-refractivity contribution is 1.08. The van der Waals surface area contributed by atoms with E-state index in [4.69, 9.17) is 5.73 Å². The summed E-state index contributed by atoms with van der Waals surface area (Å²) < 4.78 is 1.10. The van der Waals surface area contributed by atoms with E-state index in [1.165, 1.54) is 0 Å². The van der Waals surface area contributed by atoms with E-state index in [-0.39, 0.29) is 0 Å². The molecule has 2 aromatic heterocycles. The summed E-state index contributed by atoms with van der Waals surface area (Å²) in [6.07, 6.45) is 0. The van der Waals surface area contributed by atoms with Crippen molar-refractivity contribution in [3.8, 4) is 11.4 Å². The van der Waals surface area contributed by atoms with E-state index in [1.807, 2.05) is 18.2 Å². The first kappa shape index (κ1) is 11.0. The lowest BCUT2D eigenvalue weighted by Crippen LogP contribution is -1.96. The van der Waals surface area contributed by atoms with E-state index in [9.17, 15) is 0 Å². The second-order valence-corrected chi connectivity index (χ2v) is 6.03. The van der Waals surface area contributed by atoms with E-state index < -0.39 is 0 Å². The highest BCUT2D eigenvalue weighted by Crippen LogP contribution is 2.29. The van der Waals surface area contributed by atoms with Crippen LogP contribution in [0.2, 0.25) is 0 Å². The molecular formula is C12H10BrN3S. The molecule has 0 fully saturated rings. The molecule has 17 heavy (non-hydrogen) atoms. The smallest absolute Gasteiger partial charge is 0.139 e. The first-order chi connectivity index (χ1) is 8.28. The van der Waals surface area contributed by atoms with E-state index in [1.54, 1.807) is 11.3 Å². The Morgan fingerprint density at radius 2 is 2.29 bits per heavy atom. The van der Waals surface area contributed by atoms with Gasteiger partial charge in [0, 0.05) is 17.5 Å². The molecule has 0 aliphatic carbocycles. The number of imidazole rings is 1. The minimum Gasteiger partial charge on any atom is -0.338 e. The molecule has 0 aliphatic rings. The van der Waals surface area contributed by atoms with Gasteiger partial charge >= 0.3 is 0 Å². The fourth-order valence-electron chi connectivity index (χ4n) is 1.83. The van der Waals surface area contributed by atoms with Crippen LogP contribution in [0.5, 0.6) is 0 Å². The molecule has 0 atom stereocenters. The molecule has 0 unspecified atom stereocenters. The van der Waals surface area contributed by atoms with Crippen LogP contribution in [0.25, 0.3) is 22.4 Å². The van der Waals surface area contributed by atoms with Gasteiger partial charge in [-0.3, -0.25) is 0 Å². The van der Waals surface area contributed by atoms with Crippen molar-refractivity contribution in [2.75, 3.05) is 0 Å².